The third-order valence-corrected chi connectivity index (χ3v) is 5.36. The number of hydrogen-bond donors (Lipinski definition) is 1. The van der Waals surface area contributed by atoms with E-state index in [1.54, 1.807) is 4.90 Å². The van der Waals surface area contributed by atoms with Gasteiger partial charge in [-0.25, -0.2) is 18.6 Å². The molecular formula is C21H21F2N3O3. The van der Waals surface area contributed by atoms with E-state index in [0.717, 1.165) is 17.7 Å². The van der Waals surface area contributed by atoms with Gasteiger partial charge in [0.1, 0.15) is 5.60 Å². The summed E-state index contributed by atoms with van der Waals surface area (Å²) in [6, 6.07) is 12.4. The number of likely N-dealkylation sites (tertiary alicyclic amines) is 1. The molecule has 0 aliphatic carbocycles. The molecule has 2 aliphatic heterocycles. The van der Waals surface area contributed by atoms with Gasteiger partial charge in [-0.1, -0.05) is 30.3 Å². The molecule has 0 aromatic heterocycles. The van der Waals surface area contributed by atoms with Crippen molar-refractivity contribution in [2.75, 3.05) is 18.4 Å². The maximum atomic E-state index is 13.3. The molecule has 2 aromatic rings. The van der Waals surface area contributed by atoms with Crippen LogP contribution in [0, 0.1) is 11.6 Å². The summed E-state index contributed by atoms with van der Waals surface area (Å²) in [5.74, 6) is -2.05. The van der Waals surface area contributed by atoms with Gasteiger partial charge in [-0.3, -0.25) is 9.63 Å². The first-order valence-electron chi connectivity index (χ1n) is 9.49. The lowest BCUT2D eigenvalue weighted by Gasteiger charge is -2.37. The third-order valence-electron chi connectivity index (χ3n) is 5.36. The molecule has 2 aliphatic rings. The van der Waals surface area contributed by atoms with E-state index in [9.17, 15) is 18.4 Å². The molecule has 0 atom stereocenters. The number of anilines is 1. The SMILES string of the molecule is O=C(Nc1ccc(F)c(F)c1)N1CCC2(CC1)CC(=O)N(Cc1ccccc1)O2. The van der Waals surface area contributed by atoms with Crippen LogP contribution in [0.3, 0.4) is 0 Å². The predicted molar refractivity (Wildman–Crippen MR) is 102 cm³/mol. The average Bonchev–Trinajstić information content (AvgIpc) is 3.00. The largest absolute Gasteiger partial charge is 0.324 e. The molecular weight excluding hydrogens is 380 g/mol. The normalized spacial score (nSPS) is 18.3. The number of amides is 3. The second-order valence-corrected chi connectivity index (χ2v) is 7.41. The van der Waals surface area contributed by atoms with Crippen molar-refractivity contribution < 1.29 is 23.2 Å². The van der Waals surface area contributed by atoms with Crippen molar-refractivity contribution >= 4 is 17.6 Å². The van der Waals surface area contributed by atoms with Crippen LogP contribution in [-0.4, -0.2) is 40.6 Å². The summed E-state index contributed by atoms with van der Waals surface area (Å²) in [6.07, 6.45) is 1.34. The summed E-state index contributed by atoms with van der Waals surface area (Å²) in [6.45, 7) is 1.20. The van der Waals surface area contributed by atoms with E-state index < -0.39 is 23.3 Å². The first-order valence-corrected chi connectivity index (χ1v) is 9.49. The van der Waals surface area contributed by atoms with Crippen molar-refractivity contribution in [2.45, 2.75) is 31.4 Å². The fraction of sp³-hybridized carbons (Fsp3) is 0.333. The Kier molecular flexibility index (Phi) is 5.19. The molecule has 8 heteroatoms. The van der Waals surface area contributed by atoms with Crippen LogP contribution in [0.25, 0.3) is 0 Å². The number of halogens is 2. The highest BCUT2D eigenvalue weighted by Gasteiger charge is 2.47. The predicted octanol–water partition coefficient (Wildman–Crippen LogP) is 3.70. The molecule has 0 bridgehead atoms. The maximum Gasteiger partial charge on any atom is 0.321 e. The van der Waals surface area contributed by atoms with Gasteiger partial charge in [-0.05, 0) is 30.5 Å². The summed E-state index contributed by atoms with van der Waals surface area (Å²) >= 11 is 0. The lowest BCUT2D eigenvalue weighted by Crippen LogP contribution is -2.48. The van der Waals surface area contributed by atoms with Crippen LogP contribution < -0.4 is 5.32 Å². The Balaban J connectivity index is 1.33. The van der Waals surface area contributed by atoms with Crippen LogP contribution in [0.15, 0.2) is 48.5 Å². The van der Waals surface area contributed by atoms with E-state index in [-0.39, 0.29) is 11.6 Å². The molecule has 4 rings (SSSR count). The second-order valence-electron chi connectivity index (χ2n) is 7.41. The Morgan fingerprint density at radius 2 is 1.79 bits per heavy atom. The van der Waals surface area contributed by atoms with Gasteiger partial charge in [-0.2, -0.15) is 0 Å². The number of rotatable bonds is 3. The minimum absolute atomic E-state index is 0.0615. The molecule has 2 fully saturated rings. The Bertz CT molecular complexity index is 915. The summed E-state index contributed by atoms with van der Waals surface area (Å²) in [5, 5.41) is 3.98. The molecule has 3 amide bonds. The van der Waals surface area contributed by atoms with Crippen molar-refractivity contribution in [3.05, 3.63) is 65.7 Å². The van der Waals surface area contributed by atoms with Gasteiger partial charge in [0.05, 0.1) is 13.0 Å². The molecule has 29 heavy (non-hydrogen) atoms. The molecule has 0 unspecified atom stereocenters. The smallest absolute Gasteiger partial charge is 0.321 e. The van der Waals surface area contributed by atoms with Crippen LogP contribution in [0.1, 0.15) is 24.8 Å². The topological polar surface area (TPSA) is 61.9 Å². The summed E-state index contributed by atoms with van der Waals surface area (Å²) in [4.78, 5) is 32.4. The number of benzene rings is 2. The molecule has 0 saturated carbocycles. The summed E-state index contributed by atoms with van der Waals surface area (Å²) < 4.78 is 26.3. The fourth-order valence-corrected chi connectivity index (χ4v) is 3.71. The fourth-order valence-electron chi connectivity index (χ4n) is 3.71. The van der Waals surface area contributed by atoms with E-state index in [1.807, 2.05) is 30.3 Å². The van der Waals surface area contributed by atoms with Crippen LogP contribution in [0.2, 0.25) is 0 Å². The van der Waals surface area contributed by atoms with E-state index in [1.165, 1.54) is 11.1 Å². The van der Waals surface area contributed by atoms with Crippen molar-refractivity contribution in [3.63, 3.8) is 0 Å². The molecule has 1 spiro atoms. The highest BCUT2D eigenvalue weighted by molar-refractivity contribution is 5.89. The van der Waals surface area contributed by atoms with Crippen LogP contribution in [0.5, 0.6) is 0 Å². The summed E-state index contributed by atoms with van der Waals surface area (Å²) in [7, 11) is 0. The van der Waals surface area contributed by atoms with Crippen molar-refractivity contribution in [2.24, 2.45) is 0 Å². The van der Waals surface area contributed by atoms with Gasteiger partial charge in [0, 0.05) is 24.8 Å². The Labute approximate surface area is 167 Å². The number of hydroxylamine groups is 2. The second kappa shape index (κ2) is 7.79. The number of piperidine rings is 1. The number of nitrogens with one attached hydrogen (secondary N) is 1. The van der Waals surface area contributed by atoms with E-state index in [4.69, 9.17) is 4.84 Å². The molecule has 152 valence electrons. The molecule has 6 nitrogen and oxygen atoms in total. The maximum absolute atomic E-state index is 13.3. The number of carbonyl (C=O) groups excluding carboxylic acids is 2. The first-order chi connectivity index (χ1) is 13.9. The molecule has 2 heterocycles. The standard InChI is InChI=1S/C21H21F2N3O3/c22-17-7-6-16(12-18(17)23)24-20(28)25-10-8-21(9-11-25)13-19(27)26(29-21)14-15-4-2-1-3-5-15/h1-7,12H,8-11,13-14H2,(H,24,28). The van der Waals surface area contributed by atoms with Crippen molar-refractivity contribution in [1.82, 2.24) is 9.96 Å². The van der Waals surface area contributed by atoms with Crippen molar-refractivity contribution in [3.8, 4) is 0 Å². The van der Waals surface area contributed by atoms with Gasteiger partial charge in [-0.15, -0.1) is 0 Å². The van der Waals surface area contributed by atoms with Gasteiger partial charge in [0.2, 0.25) is 5.91 Å². The van der Waals surface area contributed by atoms with Gasteiger partial charge in [0.15, 0.2) is 11.6 Å². The van der Waals surface area contributed by atoms with Crippen LogP contribution in [0.4, 0.5) is 19.3 Å². The van der Waals surface area contributed by atoms with Crippen LogP contribution in [-0.2, 0) is 16.2 Å². The number of hydrogen-bond acceptors (Lipinski definition) is 3. The van der Waals surface area contributed by atoms with E-state index in [2.05, 4.69) is 5.32 Å². The Hall–Kier alpha value is -3.00. The number of carbonyl (C=O) groups is 2. The highest BCUT2D eigenvalue weighted by atomic mass is 19.2. The zero-order chi connectivity index (χ0) is 20.4. The van der Waals surface area contributed by atoms with Crippen LogP contribution >= 0.6 is 0 Å². The summed E-state index contributed by atoms with van der Waals surface area (Å²) in [5.41, 5.74) is 0.585. The Morgan fingerprint density at radius 3 is 2.48 bits per heavy atom. The van der Waals surface area contributed by atoms with E-state index >= 15 is 0 Å². The van der Waals surface area contributed by atoms with Crippen molar-refractivity contribution in [1.29, 1.82) is 0 Å². The molecule has 1 N–H and O–H groups in total. The lowest BCUT2D eigenvalue weighted by molar-refractivity contribution is -0.212. The molecule has 2 saturated heterocycles. The lowest BCUT2D eigenvalue weighted by atomic mass is 9.89. The third kappa shape index (κ3) is 4.22. The minimum atomic E-state index is -1.02. The zero-order valence-electron chi connectivity index (χ0n) is 15.7. The first kappa shape index (κ1) is 19.3. The highest BCUT2D eigenvalue weighted by Crippen LogP contribution is 2.37. The van der Waals surface area contributed by atoms with Gasteiger partial charge >= 0.3 is 6.03 Å². The Morgan fingerprint density at radius 1 is 1.07 bits per heavy atom. The zero-order valence-corrected chi connectivity index (χ0v) is 15.7. The minimum Gasteiger partial charge on any atom is -0.324 e. The quantitative estimate of drug-likeness (QED) is 0.853. The molecule has 0 radical (unpaired) electrons. The van der Waals surface area contributed by atoms with Gasteiger partial charge < -0.3 is 10.2 Å². The number of nitrogens with zero attached hydrogens (tertiary/aromatic N) is 2. The number of urea groups is 1. The average molecular weight is 401 g/mol. The molecule has 2 aromatic carbocycles. The van der Waals surface area contributed by atoms with E-state index in [0.29, 0.717) is 38.9 Å². The monoisotopic (exact) mass is 401 g/mol. The van der Waals surface area contributed by atoms with Gasteiger partial charge in [0.25, 0.3) is 0 Å².